The molecule has 1 N–H and O–H groups in total. The highest BCUT2D eigenvalue weighted by Gasteiger charge is 2.05. The summed E-state index contributed by atoms with van der Waals surface area (Å²) in [5, 5.41) is 19.0. The number of aromatic nitrogens is 1. The second-order valence-electron chi connectivity index (χ2n) is 3.83. The predicted octanol–water partition coefficient (Wildman–Crippen LogP) is 2.64. The molecule has 0 fully saturated rings. The Bertz CT molecular complexity index is 611. The van der Waals surface area contributed by atoms with Gasteiger partial charge in [0, 0.05) is 11.1 Å². The first-order valence-electron chi connectivity index (χ1n) is 6.05. The lowest BCUT2D eigenvalue weighted by Crippen LogP contribution is -2.24. The van der Waals surface area contributed by atoms with Gasteiger partial charge >= 0.3 is 5.97 Å². The maximum Gasteiger partial charge on any atom is 0.372 e. The Hall–Kier alpha value is -2.38. The van der Waals surface area contributed by atoms with Crippen LogP contribution in [-0.4, -0.2) is 24.5 Å². The zero-order chi connectivity index (χ0) is 16.4. The van der Waals surface area contributed by atoms with Crippen molar-refractivity contribution in [3.05, 3.63) is 64.6 Å². The Labute approximate surface area is 130 Å². The molecule has 0 saturated carbocycles. The molecule has 0 atom stereocenters. The molecule has 2 aromatic rings. The molecule has 6 nitrogen and oxygen atoms in total. The van der Waals surface area contributed by atoms with Gasteiger partial charge in [-0.1, -0.05) is 17.7 Å². The van der Waals surface area contributed by atoms with Gasteiger partial charge in [-0.05, 0) is 24.3 Å². The summed E-state index contributed by atoms with van der Waals surface area (Å²) >= 11 is 5.56. The largest absolute Gasteiger partial charge is 0.619 e. The predicted molar refractivity (Wildman–Crippen MR) is 76.4 cm³/mol. The third-order valence-corrected chi connectivity index (χ3v) is 2.47. The van der Waals surface area contributed by atoms with Crippen LogP contribution in [0.25, 0.3) is 0 Å². The maximum absolute atomic E-state index is 11.6. The van der Waals surface area contributed by atoms with E-state index in [9.17, 15) is 14.4 Å². The molecule has 0 saturated heterocycles. The number of hydrogen-bond acceptors (Lipinski definition) is 5. The van der Waals surface area contributed by atoms with Gasteiger partial charge in [0.15, 0.2) is 11.9 Å². The van der Waals surface area contributed by atoms with Crippen LogP contribution in [0.1, 0.15) is 10.4 Å². The number of ether oxygens (including phenoxy) is 1. The van der Waals surface area contributed by atoms with Gasteiger partial charge in [-0.15, -0.1) is 0 Å². The van der Waals surface area contributed by atoms with Gasteiger partial charge < -0.3 is 9.94 Å². The summed E-state index contributed by atoms with van der Waals surface area (Å²) in [6.45, 7) is -0.558. The van der Waals surface area contributed by atoms with Gasteiger partial charge in [0.05, 0.1) is 5.56 Å². The Kier molecular flexibility index (Phi) is 7.66. The molecule has 0 aliphatic heterocycles. The smallest absolute Gasteiger partial charge is 0.372 e. The molecule has 8 heteroatoms. The molecular formula is C14H13ClFNO5. The highest BCUT2D eigenvalue weighted by molar-refractivity contribution is 6.30. The molecule has 0 spiro atoms. The zero-order valence-electron chi connectivity index (χ0n) is 11.3. The van der Waals surface area contributed by atoms with Crippen LogP contribution in [0.15, 0.2) is 48.8 Å². The van der Waals surface area contributed by atoms with Crippen LogP contribution in [0.2, 0.25) is 5.02 Å². The van der Waals surface area contributed by atoms with Crippen molar-refractivity contribution in [3.63, 3.8) is 0 Å². The summed E-state index contributed by atoms with van der Waals surface area (Å²) in [4.78, 5) is 14.1. The van der Waals surface area contributed by atoms with Crippen molar-refractivity contribution in [1.29, 1.82) is 0 Å². The van der Waals surface area contributed by atoms with E-state index < -0.39 is 12.6 Å². The number of benzene rings is 1. The number of carbonyl (C=O) groups excluding carboxylic acids is 1. The van der Waals surface area contributed by atoms with Crippen LogP contribution in [0, 0.1) is 5.21 Å². The maximum atomic E-state index is 11.6. The van der Waals surface area contributed by atoms with Crippen molar-refractivity contribution < 1.29 is 28.8 Å². The van der Waals surface area contributed by atoms with E-state index in [1.165, 1.54) is 24.5 Å². The summed E-state index contributed by atoms with van der Waals surface area (Å²) < 4.78 is 17.0. The van der Waals surface area contributed by atoms with Gasteiger partial charge in [-0.3, -0.25) is 4.89 Å². The molecule has 1 aromatic heterocycles. The molecule has 118 valence electrons. The number of nitrogens with zero attached hydrogens (tertiary/aromatic N) is 1. The molecule has 0 bridgehead atoms. The third kappa shape index (κ3) is 6.38. The lowest BCUT2D eigenvalue weighted by molar-refractivity contribution is -0.605. The average Bonchev–Trinajstić information content (AvgIpc) is 2.53. The summed E-state index contributed by atoms with van der Waals surface area (Å²) in [5.74, 6) is -0.423. The first-order chi connectivity index (χ1) is 10.6. The lowest BCUT2D eigenvalue weighted by Gasteiger charge is -2.01. The SMILES string of the molecule is O=C(OO)c1cccc(Cl)c1.[O-][n+]1cccc(OCCF)c1. The molecule has 1 aromatic carbocycles. The molecule has 0 aliphatic rings. The van der Waals surface area contributed by atoms with Crippen molar-refractivity contribution in [3.8, 4) is 5.75 Å². The van der Waals surface area contributed by atoms with Crippen LogP contribution in [0.3, 0.4) is 0 Å². The Morgan fingerprint density at radius 3 is 2.73 bits per heavy atom. The first kappa shape index (κ1) is 17.7. The average molecular weight is 330 g/mol. The molecule has 0 aliphatic carbocycles. The first-order valence-corrected chi connectivity index (χ1v) is 6.43. The number of halogens is 2. The lowest BCUT2D eigenvalue weighted by atomic mass is 10.2. The van der Waals surface area contributed by atoms with Crippen LogP contribution in [0.4, 0.5) is 4.39 Å². The minimum absolute atomic E-state index is 0.00991. The number of carbonyl (C=O) groups is 1. The van der Waals surface area contributed by atoms with E-state index in [1.54, 1.807) is 24.3 Å². The Morgan fingerprint density at radius 2 is 2.14 bits per heavy atom. The van der Waals surface area contributed by atoms with Gasteiger partial charge in [0.2, 0.25) is 6.20 Å². The van der Waals surface area contributed by atoms with E-state index in [1.807, 2.05) is 0 Å². The molecule has 0 radical (unpaired) electrons. The minimum Gasteiger partial charge on any atom is -0.619 e. The van der Waals surface area contributed by atoms with Crippen LogP contribution in [0.5, 0.6) is 5.75 Å². The van der Waals surface area contributed by atoms with Gasteiger partial charge in [-0.25, -0.2) is 9.18 Å². The Morgan fingerprint density at radius 1 is 1.36 bits per heavy atom. The monoisotopic (exact) mass is 329 g/mol. The van der Waals surface area contributed by atoms with E-state index in [4.69, 9.17) is 21.6 Å². The van der Waals surface area contributed by atoms with Crippen LogP contribution in [-0.2, 0) is 4.89 Å². The zero-order valence-corrected chi connectivity index (χ0v) is 12.1. The standard InChI is InChI=1S/C7H5ClO3.C7H8FNO2/c8-6-3-1-2-5(4-6)7(9)11-10;8-3-5-11-7-2-1-4-9(10)6-7/h1-4,10H;1-2,4,6H,3,5H2. The molecule has 1 heterocycles. The van der Waals surface area contributed by atoms with Crippen molar-refractivity contribution in [2.45, 2.75) is 0 Å². The van der Waals surface area contributed by atoms with Crippen LogP contribution >= 0.6 is 11.6 Å². The molecule has 0 amide bonds. The molecular weight excluding hydrogens is 317 g/mol. The van der Waals surface area contributed by atoms with E-state index in [2.05, 4.69) is 4.89 Å². The molecule has 2 rings (SSSR count). The van der Waals surface area contributed by atoms with Gasteiger partial charge in [0.1, 0.15) is 13.3 Å². The normalized spacial score (nSPS) is 9.41. The minimum atomic E-state index is -0.813. The van der Waals surface area contributed by atoms with Crippen LogP contribution < -0.4 is 9.47 Å². The molecule has 0 unspecified atom stereocenters. The number of rotatable bonds is 4. The van der Waals surface area contributed by atoms with Gasteiger partial charge in [0.25, 0.3) is 0 Å². The number of hydrogen-bond donors (Lipinski definition) is 1. The summed E-state index contributed by atoms with van der Waals surface area (Å²) in [6.07, 6.45) is 2.58. The van der Waals surface area contributed by atoms with E-state index in [0.29, 0.717) is 15.5 Å². The molecule has 22 heavy (non-hydrogen) atoms. The highest BCUT2D eigenvalue weighted by Crippen LogP contribution is 2.10. The Balaban J connectivity index is 0.000000220. The fraction of sp³-hybridized carbons (Fsp3) is 0.143. The third-order valence-electron chi connectivity index (χ3n) is 2.24. The second-order valence-corrected chi connectivity index (χ2v) is 4.26. The summed E-state index contributed by atoms with van der Waals surface area (Å²) in [6, 6.07) is 9.25. The summed E-state index contributed by atoms with van der Waals surface area (Å²) in [7, 11) is 0. The van der Waals surface area contributed by atoms with Gasteiger partial charge in [-0.2, -0.15) is 9.99 Å². The topological polar surface area (TPSA) is 82.7 Å². The van der Waals surface area contributed by atoms with Crippen molar-refractivity contribution >= 4 is 17.6 Å². The fourth-order valence-electron chi connectivity index (χ4n) is 1.34. The number of pyridine rings is 1. The van der Waals surface area contributed by atoms with E-state index in [0.717, 1.165) is 0 Å². The van der Waals surface area contributed by atoms with Crippen molar-refractivity contribution in [2.75, 3.05) is 13.3 Å². The number of alkyl halides is 1. The highest BCUT2D eigenvalue weighted by atomic mass is 35.5. The quantitative estimate of drug-likeness (QED) is 0.403. The van der Waals surface area contributed by atoms with E-state index in [-0.39, 0.29) is 12.2 Å². The second kappa shape index (κ2) is 9.54. The fourth-order valence-corrected chi connectivity index (χ4v) is 1.53. The van der Waals surface area contributed by atoms with E-state index >= 15 is 0 Å². The van der Waals surface area contributed by atoms with Crippen molar-refractivity contribution in [1.82, 2.24) is 0 Å². The summed E-state index contributed by atoms with van der Waals surface area (Å²) in [5.41, 5.74) is 0.222. The van der Waals surface area contributed by atoms with Crippen molar-refractivity contribution in [2.24, 2.45) is 0 Å².